The monoisotopic (exact) mass is 252 g/mol. The lowest BCUT2D eigenvalue weighted by Crippen LogP contribution is -2.33. The number of carbonyl (C=O) groups is 1. The number of rotatable bonds is 4. The molecule has 0 aromatic rings. The first-order valence-corrected chi connectivity index (χ1v) is 6.02. The molecule has 0 bridgehead atoms. The van der Waals surface area contributed by atoms with Crippen molar-refractivity contribution in [2.75, 3.05) is 0 Å². The van der Waals surface area contributed by atoms with Gasteiger partial charge in [0.1, 0.15) is 6.29 Å². The number of hydrogen-bond acceptors (Lipinski definition) is 2. The van der Waals surface area contributed by atoms with Crippen molar-refractivity contribution in [3.8, 4) is 0 Å². The SMILES string of the molecule is C[C@H](OC1CCC(C(F)(F)F)CC1)[C@@H](C)C=O. The number of hydrogen-bond donors (Lipinski definition) is 0. The lowest BCUT2D eigenvalue weighted by molar-refractivity contribution is -0.189. The normalized spacial score (nSPS) is 29.7. The van der Waals surface area contributed by atoms with Crippen molar-refractivity contribution in [2.45, 2.75) is 57.9 Å². The van der Waals surface area contributed by atoms with Gasteiger partial charge in [-0.1, -0.05) is 6.92 Å². The van der Waals surface area contributed by atoms with Gasteiger partial charge in [-0.2, -0.15) is 13.2 Å². The van der Waals surface area contributed by atoms with E-state index in [2.05, 4.69) is 0 Å². The van der Waals surface area contributed by atoms with Gasteiger partial charge in [0.15, 0.2) is 0 Å². The van der Waals surface area contributed by atoms with Crippen LogP contribution >= 0.6 is 0 Å². The largest absolute Gasteiger partial charge is 0.391 e. The molecule has 0 N–H and O–H groups in total. The van der Waals surface area contributed by atoms with Gasteiger partial charge < -0.3 is 9.53 Å². The van der Waals surface area contributed by atoms with Gasteiger partial charge in [0.25, 0.3) is 0 Å². The van der Waals surface area contributed by atoms with E-state index in [1.807, 2.05) is 0 Å². The summed E-state index contributed by atoms with van der Waals surface area (Å²) < 4.78 is 42.9. The van der Waals surface area contributed by atoms with Crippen LogP contribution in [-0.4, -0.2) is 24.7 Å². The molecule has 100 valence electrons. The van der Waals surface area contributed by atoms with E-state index in [-0.39, 0.29) is 31.0 Å². The molecular formula is C12H19F3O2. The predicted octanol–water partition coefficient (Wildman–Crippen LogP) is 3.35. The quantitative estimate of drug-likeness (QED) is 0.717. The second kappa shape index (κ2) is 5.85. The molecule has 0 aromatic heterocycles. The van der Waals surface area contributed by atoms with Gasteiger partial charge in [-0.05, 0) is 32.6 Å². The van der Waals surface area contributed by atoms with Gasteiger partial charge >= 0.3 is 6.18 Å². The van der Waals surface area contributed by atoms with Crippen LogP contribution < -0.4 is 0 Å². The minimum absolute atomic E-state index is 0.133. The van der Waals surface area contributed by atoms with Crippen LogP contribution in [0.5, 0.6) is 0 Å². The summed E-state index contributed by atoms with van der Waals surface area (Å²) in [5.74, 6) is -1.39. The number of ether oxygens (including phenoxy) is 1. The molecule has 1 fully saturated rings. The van der Waals surface area contributed by atoms with E-state index in [0.29, 0.717) is 12.8 Å². The average Bonchev–Trinajstić information content (AvgIpc) is 2.27. The van der Waals surface area contributed by atoms with Gasteiger partial charge in [-0.3, -0.25) is 0 Å². The highest BCUT2D eigenvalue weighted by molar-refractivity contribution is 5.53. The zero-order valence-corrected chi connectivity index (χ0v) is 10.2. The molecule has 0 radical (unpaired) electrons. The Labute approximate surface area is 99.5 Å². The fraction of sp³-hybridized carbons (Fsp3) is 0.917. The standard InChI is InChI=1S/C12H19F3O2/c1-8(7-16)9(2)17-11-5-3-10(4-6-11)12(13,14)15/h7-11H,3-6H2,1-2H3/t8-,9-,10?,11?/m0/s1. The molecule has 0 aliphatic heterocycles. The maximum absolute atomic E-state index is 12.4. The Morgan fingerprint density at radius 2 is 1.71 bits per heavy atom. The summed E-state index contributed by atoms with van der Waals surface area (Å²) in [6.45, 7) is 3.54. The van der Waals surface area contributed by atoms with Crippen LogP contribution in [0.4, 0.5) is 13.2 Å². The second-order valence-electron chi connectivity index (χ2n) is 4.85. The first-order valence-electron chi connectivity index (χ1n) is 6.02. The third-order valence-corrected chi connectivity index (χ3v) is 3.50. The van der Waals surface area contributed by atoms with Gasteiger partial charge in [0.05, 0.1) is 18.1 Å². The lowest BCUT2D eigenvalue weighted by atomic mass is 9.87. The fourth-order valence-electron chi connectivity index (χ4n) is 2.06. The molecule has 5 heteroatoms. The molecule has 1 aliphatic carbocycles. The van der Waals surface area contributed by atoms with Crippen LogP contribution in [0, 0.1) is 11.8 Å². The molecule has 0 aromatic carbocycles. The summed E-state index contributed by atoms with van der Waals surface area (Å²) in [5.41, 5.74) is 0. The van der Waals surface area contributed by atoms with E-state index in [4.69, 9.17) is 4.74 Å². The van der Waals surface area contributed by atoms with Crippen LogP contribution in [0.25, 0.3) is 0 Å². The van der Waals surface area contributed by atoms with E-state index in [9.17, 15) is 18.0 Å². The molecule has 1 rings (SSSR count). The van der Waals surface area contributed by atoms with Crippen molar-refractivity contribution in [1.82, 2.24) is 0 Å². The van der Waals surface area contributed by atoms with Crippen LogP contribution in [0.2, 0.25) is 0 Å². The van der Waals surface area contributed by atoms with Crippen molar-refractivity contribution in [3.63, 3.8) is 0 Å². The first-order chi connectivity index (χ1) is 7.84. The maximum Gasteiger partial charge on any atom is 0.391 e. The molecule has 0 saturated heterocycles. The number of halogens is 3. The Morgan fingerprint density at radius 1 is 1.18 bits per heavy atom. The molecule has 1 saturated carbocycles. The molecule has 17 heavy (non-hydrogen) atoms. The summed E-state index contributed by atoms with van der Waals surface area (Å²) in [5, 5.41) is 0. The summed E-state index contributed by atoms with van der Waals surface area (Å²) in [6, 6.07) is 0. The highest BCUT2D eigenvalue weighted by Gasteiger charge is 2.41. The first kappa shape index (κ1) is 14.5. The Kier molecular flexibility index (Phi) is 4.98. The summed E-state index contributed by atoms with van der Waals surface area (Å²) in [4.78, 5) is 10.5. The predicted molar refractivity (Wildman–Crippen MR) is 57.6 cm³/mol. The van der Waals surface area contributed by atoms with Crippen molar-refractivity contribution in [2.24, 2.45) is 11.8 Å². The molecule has 0 heterocycles. The van der Waals surface area contributed by atoms with Crippen molar-refractivity contribution in [1.29, 1.82) is 0 Å². The number of alkyl halides is 3. The molecular weight excluding hydrogens is 233 g/mol. The van der Waals surface area contributed by atoms with E-state index in [1.165, 1.54) is 0 Å². The molecule has 0 spiro atoms. The fourth-order valence-corrected chi connectivity index (χ4v) is 2.06. The third kappa shape index (κ3) is 4.30. The molecule has 1 aliphatic rings. The van der Waals surface area contributed by atoms with Crippen molar-refractivity contribution in [3.05, 3.63) is 0 Å². The smallest absolute Gasteiger partial charge is 0.375 e. The van der Waals surface area contributed by atoms with E-state index >= 15 is 0 Å². The minimum atomic E-state index is -4.08. The van der Waals surface area contributed by atoms with Crippen LogP contribution in [0.3, 0.4) is 0 Å². The Morgan fingerprint density at radius 3 is 2.12 bits per heavy atom. The minimum Gasteiger partial charge on any atom is -0.375 e. The molecule has 2 nitrogen and oxygen atoms in total. The Balaban J connectivity index is 2.35. The van der Waals surface area contributed by atoms with Crippen molar-refractivity contribution >= 4 is 6.29 Å². The van der Waals surface area contributed by atoms with Gasteiger partial charge in [0, 0.05) is 5.92 Å². The van der Waals surface area contributed by atoms with Gasteiger partial charge in [-0.25, -0.2) is 0 Å². The molecule has 0 amide bonds. The lowest BCUT2D eigenvalue weighted by Gasteiger charge is -2.32. The summed E-state index contributed by atoms with van der Waals surface area (Å²) in [7, 11) is 0. The number of aldehydes is 1. The van der Waals surface area contributed by atoms with E-state index in [0.717, 1.165) is 6.29 Å². The van der Waals surface area contributed by atoms with Crippen LogP contribution in [0.1, 0.15) is 39.5 Å². The zero-order chi connectivity index (χ0) is 13.1. The molecule has 0 unspecified atom stereocenters. The Hall–Kier alpha value is -0.580. The van der Waals surface area contributed by atoms with E-state index < -0.39 is 12.1 Å². The van der Waals surface area contributed by atoms with Crippen LogP contribution in [0.15, 0.2) is 0 Å². The van der Waals surface area contributed by atoms with Gasteiger partial charge in [-0.15, -0.1) is 0 Å². The topological polar surface area (TPSA) is 26.3 Å². The third-order valence-electron chi connectivity index (χ3n) is 3.50. The Bertz CT molecular complexity index is 245. The number of carbonyl (C=O) groups excluding carboxylic acids is 1. The zero-order valence-electron chi connectivity index (χ0n) is 10.2. The van der Waals surface area contributed by atoms with Gasteiger partial charge in [0.2, 0.25) is 0 Å². The van der Waals surface area contributed by atoms with Crippen LogP contribution in [-0.2, 0) is 9.53 Å². The summed E-state index contributed by atoms with van der Waals surface area (Å²) in [6.07, 6.45) is -2.49. The molecule has 2 atom stereocenters. The maximum atomic E-state index is 12.4. The summed E-state index contributed by atoms with van der Waals surface area (Å²) >= 11 is 0. The van der Waals surface area contributed by atoms with Crippen molar-refractivity contribution < 1.29 is 22.7 Å². The highest BCUT2D eigenvalue weighted by Crippen LogP contribution is 2.38. The average molecular weight is 252 g/mol. The second-order valence-corrected chi connectivity index (χ2v) is 4.85. The highest BCUT2D eigenvalue weighted by atomic mass is 19.4. The van der Waals surface area contributed by atoms with E-state index in [1.54, 1.807) is 13.8 Å².